The highest BCUT2D eigenvalue weighted by molar-refractivity contribution is 7.15. The average molecular weight is 246 g/mol. The van der Waals surface area contributed by atoms with Crippen LogP contribution in [0.15, 0.2) is 5.38 Å². The zero-order chi connectivity index (χ0) is 11.5. The fourth-order valence-electron chi connectivity index (χ4n) is 3.87. The van der Waals surface area contributed by atoms with Crippen LogP contribution in [0.1, 0.15) is 49.2 Å². The molecule has 2 heterocycles. The summed E-state index contributed by atoms with van der Waals surface area (Å²) in [6.45, 7) is 2.21. The lowest BCUT2D eigenvalue weighted by Crippen LogP contribution is -2.26. The molecule has 2 aliphatic rings. The molecule has 2 aliphatic carbocycles. The van der Waals surface area contributed by atoms with Crippen LogP contribution in [0.3, 0.4) is 0 Å². The Balaban J connectivity index is 1.86. The molecule has 2 nitrogen and oxygen atoms in total. The highest BCUT2D eigenvalue weighted by Crippen LogP contribution is 2.48. The molecule has 2 aromatic heterocycles. The smallest absolute Gasteiger partial charge is 0.194 e. The molecule has 17 heavy (non-hydrogen) atoms. The minimum Gasteiger partial charge on any atom is -0.292 e. The highest BCUT2D eigenvalue weighted by Gasteiger charge is 2.39. The van der Waals surface area contributed by atoms with Gasteiger partial charge in [0, 0.05) is 16.8 Å². The molecule has 0 bridgehead atoms. The lowest BCUT2D eigenvalue weighted by molar-refractivity contribution is 0.250. The topological polar surface area (TPSA) is 17.3 Å². The summed E-state index contributed by atoms with van der Waals surface area (Å²) in [5.74, 6) is 0. The van der Waals surface area contributed by atoms with E-state index in [1.165, 1.54) is 67.0 Å². The van der Waals surface area contributed by atoms with Crippen molar-refractivity contribution in [2.45, 2.75) is 51.9 Å². The molecule has 3 heteroatoms. The molecule has 1 saturated carbocycles. The van der Waals surface area contributed by atoms with Gasteiger partial charge in [0.05, 0.1) is 5.69 Å². The predicted octanol–water partition coefficient (Wildman–Crippen LogP) is 3.75. The molecule has 1 fully saturated rings. The van der Waals surface area contributed by atoms with Crippen molar-refractivity contribution in [2.75, 3.05) is 0 Å². The lowest BCUT2D eigenvalue weighted by Gasteiger charge is -2.32. The first-order valence-electron chi connectivity index (χ1n) is 6.72. The molecule has 0 N–H and O–H groups in total. The molecular formula is C14H18N2S. The first-order chi connectivity index (χ1) is 8.27. The van der Waals surface area contributed by atoms with Gasteiger partial charge in [0.25, 0.3) is 0 Å². The quantitative estimate of drug-likeness (QED) is 0.692. The maximum Gasteiger partial charge on any atom is 0.194 e. The van der Waals surface area contributed by atoms with Crippen LogP contribution in [-0.2, 0) is 12.8 Å². The number of aryl methyl sites for hydroxylation is 2. The van der Waals surface area contributed by atoms with Gasteiger partial charge < -0.3 is 0 Å². The van der Waals surface area contributed by atoms with E-state index >= 15 is 0 Å². The van der Waals surface area contributed by atoms with E-state index in [-0.39, 0.29) is 0 Å². The van der Waals surface area contributed by atoms with E-state index in [0.29, 0.717) is 5.41 Å². The van der Waals surface area contributed by atoms with Crippen molar-refractivity contribution < 1.29 is 0 Å². The Hall–Kier alpha value is -0.830. The van der Waals surface area contributed by atoms with Gasteiger partial charge >= 0.3 is 0 Å². The van der Waals surface area contributed by atoms with Crippen LogP contribution in [0.25, 0.3) is 4.96 Å². The third kappa shape index (κ3) is 1.35. The molecule has 0 aliphatic heterocycles. The number of imidazole rings is 1. The van der Waals surface area contributed by atoms with Crippen molar-refractivity contribution in [1.82, 2.24) is 9.38 Å². The Kier molecular flexibility index (Phi) is 1.99. The van der Waals surface area contributed by atoms with Gasteiger partial charge in [-0.3, -0.25) is 4.40 Å². The average Bonchev–Trinajstić information content (AvgIpc) is 2.98. The van der Waals surface area contributed by atoms with E-state index in [1.54, 1.807) is 11.3 Å². The van der Waals surface area contributed by atoms with Crippen molar-refractivity contribution in [2.24, 2.45) is 5.41 Å². The lowest BCUT2D eigenvalue weighted by atomic mass is 9.73. The maximum absolute atomic E-state index is 4.81. The van der Waals surface area contributed by atoms with E-state index in [1.807, 2.05) is 0 Å². The Morgan fingerprint density at radius 3 is 2.94 bits per heavy atom. The van der Waals surface area contributed by atoms with Crippen molar-refractivity contribution in [1.29, 1.82) is 0 Å². The summed E-state index contributed by atoms with van der Waals surface area (Å²) in [5, 5.41) is 2.23. The summed E-state index contributed by atoms with van der Waals surface area (Å²) in [4.78, 5) is 6.02. The fourth-order valence-corrected chi connectivity index (χ4v) is 4.77. The third-order valence-electron chi connectivity index (χ3n) is 4.81. The largest absolute Gasteiger partial charge is 0.292 e. The van der Waals surface area contributed by atoms with Crippen LogP contribution in [0.4, 0.5) is 0 Å². The molecule has 2 aromatic rings. The van der Waals surface area contributed by atoms with Gasteiger partial charge in [-0.05, 0) is 44.4 Å². The first-order valence-corrected chi connectivity index (χ1v) is 7.60. The molecule has 1 spiro atoms. The summed E-state index contributed by atoms with van der Waals surface area (Å²) in [6.07, 6.45) is 9.65. The van der Waals surface area contributed by atoms with Crippen molar-refractivity contribution in [3.05, 3.63) is 22.5 Å². The van der Waals surface area contributed by atoms with E-state index in [2.05, 4.69) is 16.7 Å². The number of hydrogen-bond donors (Lipinski definition) is 0. The van der Waals surface area contributed by atoms with Crippen LogP contribution in [0.2, 0.25) is 0 Å². The molecular weight excluding hydrogens is 228 g/mol. The Morgan fingerprint density at radius 2 is 2.12 bits per heavy atom. The van der Waals surface area contributed by atoms with Crippen molar-refractivity contribution >= 4 is 16.3 Å². The minimum atomic E-state index is 0.636. The van der Waals surface area contributed by atoms with Gasteiger partial charge in [-0.1, -0.05) is 12.8 Å². The molecule has 0 saturated heterocycles. The van der Waals surface area contributed by atoms with Crippen LogP contribution in [0, 0.1) is 12.3 Å². The summed E-state index contributed by atoms with van der Waals surface area (Å²) >= 11 is 1.79. The van der Waals surface area contributed by atoms with E-state index in [9.17, 15) is 0 Å². The zero-order valence-corrected chi connectivity index (χ0v) is 11.1. The molecule has 90 valence electrons. The van der Waals surface area contributed by atoms with Crippen LogP contribution in [-0.4, -0.2) is 9.38 Å². The molecule has 0 atom stereocenters. The van der Waals surface area contributed by atoms with Gasteiger partial charge in [-0.25, -0.2) is 4.98 Å². The van der Waals surface area contributed by atoms with Crippen molar-refractivity contribution in [3.63, 3.8) is 0 Å². The fraction of sp³-hybridized carbons (Fsp3) is 0.643. The number of aromatic nitrogens is 2. The maximum atomic E-state index is 4.81. The molecule has 0 unspecified atom stereocenters. The SMILES string of the molecule is Cc1csc2nc3c(n12)CC1(CCCC1)CC3. The van der Waals surface area contributed by atoms with Gasteiger partial charge in [0.2, 0.25) is 0 Å². The van der Waals surface area contributed by atoms with Crippen molar-refractivity contribution in [3.8, 4) is 0 Å². The summed E-state index contributed by atoms with van der Waals surface area (Å²) < 4.78 is 2.42. The minimum absolute atomic E-state index is 0.636. The van der Waals surface area contributed by atoms with E-state index < -0.39 is 0 Å². The van der Waals surface area contributed by atoms with Crippen LogP contribution >= 0.6 is 11.3 Å². The molecule has 0 radical (unpaired) electrons. The van der Waals surface area contributed by atoms with Gasteiger partial charge in [0.15, 0.2) is 4.96 Å². The van der Waals surface area contributed by atoms with E-state index in [4.69, 9.17) is 4.98 Å². The number of fused-ring (bicyclic) bond motifs is 3. The molecule has 0 aromatic carbocycles. The second-order valence-corrected chi connectivity index (χ2v) is 6.72. The Morgan fingerprint density at radius 1 is 1.29 bits per heavy atom. The normalized spacial score (nSPS) is 22.4. The van der Waals surface area contributed by atoms with Crippen LogP contribution in [0.5, 0.6) is 0 Å². The Bertz CT molecular complexity index is 572. The molecule has 0 amide bonds. The van der Waals surface area contributed by atoms with Crippen LogP contribution < -0.4 is 0 Å². The number of hydrogen-bond acceptors (Lipinski definition) is 2. The highest BCUT2D eigenvalue weighted by atomic mass is 32.1. The number of nitrogens with zero attached hydrogens (tertiary/aromatic N) is 2. The van der Waals surface area contributed by atoms with Gasteiger partial charge in [-0.2, -0.15) is 0 Å². The monoisotopic (exact) mass is 246 g/mol. The summed E-state index contributed by atoms with van der Waals surface area (Å²) in [6, 6.07) is 0. The van der Waals surface area contributed by atoms with Gasteiger partial charge in [0.1, 0.15) is 0 Å². The molecule has 4 rings (SSSR count). The van der Waals surface area contributed by atoms with E-state index in [0.717, 1.165) is 0 Å². The Labute approximate surface area is 106 Å². The summed E-state index contributed by atoms with van der Waals surface area (Å²) in [5.41, 5.74) is 4.93. The van der Waals surface area contributed by atoms with Gasteiger partial charge in [-0.15, -0.1) is 11.3 Å². The summed E-state index contributed by atoms with van der Waals surface area (Å²) in [7, 11) is 0. The third-order valence-corrected chi connectivity index (χ3v) is 5.75. The first kappa shape index (κ1) is 10.1. The standard InChI is InChI=1S/C14H18N2S/c1-10-9-17-13-15-11-4-7-14(5-2-3-6-14)8-12(11)16(10)13/h9H,2-8H2,1H3. The second-order valence-electron chi connectivity index (χ2n) is 5.88. The predicted molar refractivity (Wildman–Crippen MR) is 70.7 cm³/mol. The zero-order valence-electron chi connectivity index (χ0n) is 10.3. The number of thiazole rings is 1. The second kappa shape index (κ2) is 3.35. The number of rotatable bonds is 0.